The van der Waals surface area contributed by atoms with Gasteiger partial charge in [-0.25, -0.2) is 0 Å². The summed E-state index contributed by atoms with van der Waals surface area (Å²) in [5.41, 5.74) is 0. The molecular weight excluding hydrogens is 273 g/mol. The molecule has 9 heteroatoms. The zero-order valence-corrected chi connectivity index (χ0v) is 11.1. The van der Waals surface area contributed by atoms with Gasteiger partial charge in [-0.1, -0.05) is 25.7 Å². The van der Waals surface area contributed by atoms with E-state index in [0.717, 1.165) is 0 Å². The number of alkyl halides is 5. The molecule has 0 aromatic carbocycles. The first-order valence-electron chi connectivity index (χ1n) is 5.77. The van der Waals surface area contributed by atoms with E-state index in [2.05, 4.69) is 0 Å². The number of hydrogen-bond donors (Lipinski definition) is 3. The van der Waals surface area contributed by atoms with Crippen molar-refractivity contribution >= 4 is 8.56 Å². The molecule has 0 amide bonds. The number of unbranched alkanes of at least 4 members (excludes halogenated alkanes) is 4. The lowest BCUT2D eigenvalue weighted by atomic mass is 10.1. The normalized spacial score (nSPS) is 14.0. The largest absolute Gasteiger partial charge is 0.453 e. The molecule has 0 aliphatic carbocycles. The summed E-state index contributed by atoms with van der Waals surface area (Å²) in [6, 6.07) is 0.520. The van der Waals surface area contributed by atoms with Gasteiger partial charge in [-0.15, -0.1) is 0 Å². The van der Waals surface area contributed by atoms with Crippen LogP contribution in [0.1, 0.15) is 38.5 Å². The molecule has 0 aliphatic heterocycles. The molecule has 0 spiro atoms. The van der Waals surface area contributed by atoms with Crippen LogP contribution in [0.4, 0.5) is 22.0 Å². The Morgan fingerprint density at radius 1 is 0.722 bits per heavy atom. The molecule has 18 heavy (non-hydrogen) atoms. The summed E-state index contributed by atoms with van der Waals surface area (Å²) in [6.07, 6.45) is -4.46. The Morgan fingerprint density at radius 2 is 1.17 bits per heavy atom. The summed E-state index contributed by atoms with van der Waals surface area (Å²) in [4.78, 5) is 0. The third kappa shape index (κ3) is 7.96. The zero-order valence-electron chi connectivity index (χ0n) is 10.1. The molecule has 0 aliphatic rings. The molecule has 0 aromatic heterocycles. The maximum atomic E-state index is 12.5. The van der Waals surface area contributed by atoms with Crippen LogP contribution in [0, 0.1) is 0 Å². The summed E-state index contributed by atoms with van der Waals surface area (Å²) in [5.74, 6) is -4.58. The van der Waals surface area contributed by atoms with Crippen LogP contribution in [0.15, 0.2) is 0 Å². The van der Waals surface area contributed by atoms with Crippen molar-refractivity contribution in [3.63, 3.8) is 0 Å². The maximum Gasteiger partial charge on any atom is 0.453 e. The average Bonchev–Trinajstić information content (AvgIpc) is 2.12. The monoisotopic (exact) mass is 293 g/mol. The van der Waals surface area contributed by atoms with Crippen molar-refractivity contribution in [3.05, 3.63) is 0 Å². The number of nitrogens with two attached hydrogens (primary N) is 3. The second-order valence-electron chi connectivity index (χ2n) is 4.58. The Morgan fingerprint density at radius 3 is 1.61 bits per heavy atom. The average molecular weight is 293 g/mol. The number of hydrogen-bond acceptors (Lipinski definition) is 3. The summed E-state index contributed by atoms with van der Waals surface area (Å²) in [6.45, 7) is 0. The lowest BCUT2D eigenvalue weighted by Crippen LogP contribution is -2.64. The van der Waals surface area contributed by atoms with E-state index in [1.165, 1.54) is 0 Å². The molecule has 0 radical (unpaired) electrons. The first-order chi connectivity index (χ1) is 7.96. The maximum absolute atomic E-state index is 12.5. The fourth-order valence-electron chi connectivity index (χ4n) is 1.45. The fourth-order valence-corrected chi connectivity index (χ4v) is 2.31. The van der Waals surface area contributed by atoms with E-state index >= 15 is 0 Å². The Bertz CT molecular complexity index is 239. The van der Waals surface area contributed by atoms with Crippen molar-refractivity contribution in [1.29, 1.82) is 0 Å². The minimum atomic E-state index is -5.45. The summed E-state index contributed by atoms with van der Waals surface area (Å²) in [7, 11) is -2.55. The fraction of sp³-hybridized carbons (Fsp3) is 1.00. The molecular formula is C9H20F5N3Si. The number of halogens is 5. The van der Waals surface area contributed by atoms with Crippen molar-refractivity contribution in [2.75, 3.05) is 0 Å². The minimum Gasteiger partial charge on any atom is -0.327 e. The van der Waals surface area contributed by atoms with Crippen molar-refractivity contribution in [3.8, 4) is 0 Å². The van der Waals surface area contributed by atoms with E-state index in [9.17, 15) is 22.0 Å². The van der Waals surface area contributed by atoms with Crippen LogP contribution in [0.25, 0.3) is 0 Å². The highest BCUT2D eigenvalue weighted by Crippen LogP contribution is 2.39. The van der Waals surface area contributed by atoms with Gasteiger partial charge in [-0.05, 0) is 12.5 Å². The van der Waals surface area contributed by atoms with E-state index in [-0.39, 0.29) is 6.42 Å². The van der Waals surface area contributed by atoms with Crippen molar-refractivity contribution in [2.24, 2.45) is 16.2 Å². The molecule has 110 valence electrons. The molecule has 0 unspecified atom stereocenters. The van der Waals surface area contributed by atoms with Gasteiger partial charge in [0.2, 0.25) is 0 Å². The molecule has 0 fully saturated rings. The lowest BCUT2D eigenvalue weighted by molar-refractivity contribution is -0.284. The standard InChI is InChI=1S/C9H20F5N3Si/c10-8(11,9(12,13)14)6-4-2-1-3-5-7-18(15,16)17/h1-7,15-17H2. The third-order valence-corrected chi connectivity index (χ3v) is 3.73. The van der Waals surface area contributed by atoms with Crippen LogP contribution < -0.4 is 16.2 Å². The summed E-state index contributed by atoms with van der Waals surface area (Å²) >= 11 is 0. The first kappa shape index (κ1) is 17.7. The van der Waals surface area contributed by atoms with E-state index < -0.39 is 27.1 Å². The Balaban J connectivity index is 3.58. The SMILES string of the molecule is N[Si](N)(N)CCCCCCCC(F)(F)C(F)(F)F. The van der Waals surface area contributed by atoms with Crippen molar-refractivity contribution in [1.82, 2.24) is 0 Å². The van der Waals surface area contributed by atoms with Crippen LogP contribution in [0.5, 0.6) is 0 Å². The predicted octanol–water partition coefficient (Wildman–Crippen LogP) is 2.34. The van der Waals surface area contributed by atoms with Gasteiger partial charge in [0.15, 0.2) is 0 Å². The zero-order chi connectivity index (χ0) is 14.4. The molecule has 0 atom stereocenters. The van der Waals surface area contributed by atoms with Gasteiger partial charge in [-0.2, -0.15) is 22.0 Å². The predicted molar refractivity (Wildman–Crippen MR) is 61.8 cm³/mol. The van der Waals surface area contributed by atoms with Crippen LogP contribution in [0.3, 0.4) is 0 Å². The van der Waals surface area contributed by atoms with E-state index in [1.807, 2.05) is 0 Å². The van der Waals surface area contributed by atoms with Crippen LogP contribution in [-0.2, 0) is 0 Å². The Labute approximate surface area is 104 Å². The second kappa shape index (κ2) is 6.78. The van der Waals surface area contributed by atoms with E-state index in [0.29, 0.717) is 31.7 Å². The Kier molecular flexibility index (Phi) is 6.69. The highest BCUT2D eigenvalue weighted by atomic mass is 28.4. The van der Waals surface area contributed by atoms with Gasteiger partial charge >= 0.3 is 12.1 Å². The highest BCUT2D eigenvalue weighted by molar-refractivity contribution is 6.70. The lowest BCUT2D eigenvalue weighted by Gasteiger charge is -2.19. The van der Waals surface area contributed by atoms with Gasteiger partial charge < -0.3 is 16.2 Å². The Hall–Kier alpha value is -0.253. The van der Waals surface area contributed by atoms with E-state index in [4.69, 9.17) is 16.2 Å². The van der Waals surface area contributed by atoms with Gasteiger partial charge in [0.1, 0.15) is 0 Å². The second-order valence-corrected chi connectivity index (χ2v) is 7.31. The molecule has 0 heterocycles. The molecule has 0 aromatic rings. The first-order valence-corrected chi connectivity index (χ1v) is 8.21. The molecule has 3 nitrogen and oxygen atoms in total. The van der Waals surface area contributed by atoms with Crippen LogP contribution >= 0.6 is 0 Å². The van der Waals surface area contributed by atoms with Gasteiger partial charge in [0.25, 0.3) is 8.56 Å². The topological polar surface area (TPSA) is 78.1 Å². The molecule has 6 N–H and O–H groups in total. The summed E-state index contributed by atoms with van der Waals surface area (Å²) < 4.78 is 60.4. The van der Waals surface area contributed by atoms with Crippen LogP contribution in [0.2, 0.25) is 6.04 Å². The van der Waals surface area contributed by atoms with Gasteiger partial charge in [0.05, 0.1) is 0 Å². The molecule has 0 saturated heterocycles. The smallest absolute Gasteiger partial charge is 0.327 e. The molecule has 0 rings (SSSR count). The molecule has 0 saturated carbocycles. The van der Waals surface area contributed by atoms with E-state index in [1.54, 1.807) is 0 Å². The molecule has 0 bridgehead atoms. The highest BCUT2D eigenvalue weighted by Gasteiger charge is 2.56. The quantitative estimate of drug-likeness (QED) is 0.365. The van der Waals surface area contributed by atoms with Gasteiger partial charge in [0, 0.05) is 6.42 Å². The van der Waals surface area contributed by atoms with Crippen LogP contribution in [-0.4, -0.2) is 20.7 Å². The van der Waals surface area contributed by atoms with Crippen molar-refractivity contribution in [2.45, 2.75) is 56.7 Å². The van der Waals surface area contributed by atoms with Gasteiger partial charge in [-0.3, -0.25) is 0 Å². The van der Waals surface area contributed by atoms with Crippen molar-refractivity contribution < 1.29 is 22.0 Å². The minimum absolute atomic E-state index is 0.150. The number of rotatable bonds is 8. The third-order valence-electron chi connectivity index (χ3n) is 2.52. The summed E-state index contributed by atoms with van der Waals surface area (Å²) in [5, 5.41) is 16.4.